The first kappa shape index (κ1) is 12.6. The molecule has 0 amide bonds. The summed E-state index contributed by atoms with van der Waals surface area (Å²) >= 11 is 0. The van der Waals surface area contributed by atoms with E-state index < -0.39 is 0 Å². The van der Waals surface area contributed by atoms with E-state index in [0.29, 0.717) is 11.3 Å². The Kier molecular flexibility index (Phi) is 2.56. The van der Waals surface area contributed by atoms with Crippen molar-refractivity contribution in [3.63, 3.8) is 0 Å². The fraction of sp³-hybridized carbons (Fsp3) is 0.133. The Morgan fingerprint density at radius 3 is 2.59 bits per heavy atom. The van der Waals surface area contributed by atoms with Gasteiger partial charge in [-0.15, -0.1) is 10.2 Å². The lowest BCUT2D eigenvalue weighted by atomic mass is 10.1. The van der Waals surface area contributed by atoms with Crippen molar-refractivity contribution >= 4 is 16.8 Å². The Hall–Kier alpha value is -3.09. The quantitative estimate of drug-likeness (QED) is 0.530. The Balaban J connectivity index is 2.06. The van der Waals surface area contributed by atoms with E-state index in [4.69, 9.17) is 0 Å². The van der Waals surface area contributed by atoms with Gasteiger partial charge >= 0.3 is 0 Å². The summed E-state index contributed by atoms with van der Waals surface area (Å²) in [7, 11) is 0. The number of benzene rings is 1. The van der Waals surface area contributed by atoms with E-state index in [-0.39, 0.29) is 11.1 Å². The summed E-state index contributed by atoms with van der Waals surface area (Å²) in [5, 5.41) is 12.0. The van der Waals surface area contributed by atoms with E-state index in [1.165, 1.54) is 10.8 Å². The van der Waals surface area contributed by atoms with Crippen LogP contribution in [0.15, 0.2) is 41.6 Å². The molecule has 0 bridgehead atoms. The third-order valence-corrected chi connectivity index (χ3v) is 3.53. The molecular formula is C15H12N6O. The molecule has 0 radical (unpaired) electrons. The molecule has 0 fully saturated rings. The number of rotatable bonds is 1. The second kappa shape index (κ2) is 4.45. The maximum absolute atomic E-state index is 12.7. The molecular weight excluding hydrogens is 280 g/mol. The minimum Gasteiger partial charge on any atom is -0.282 e. The van der Waals surface area contributed by atoms with Gasteiger partial charge < -0.3 is 0 Å². The smallest absolute Gasteiger partial charge is 0.282 e. The van der Waals surface area contributed by atoms with Crippen molar-refractivity contribution in [3.8, 4) is 5.69 Å². The highest BCUT2D eigenvalue weighted by Gasteiger charge is 2.11. The van der Waals surface area contributed by atoms with Gasteiger partial charge in [0.15, 0.2) is 5.52 Å². The van der Waals surface area contributed by atoms with Crippen molar-refractivity contribution in [2.75, 3.05) is 0 Å². The van der Waals surface area contributed by atoms with E-state index in [2.05, 4.69) is 26.3 Å². The molecule has 0 atom stereocenters. The van der Waals surface area contributed by atoms with Gasteiger partial charge in [0.25, 0.3) is 11.3 Å². The minimum atomic E-state index is -0.229. The van der Waals surface area contributed by atoms with Crippen LogP contribution in [0.2, 0.25) is 0 Å². The van der Waals surface area contributed by atoms with Crippen molar-refractivity contribution < 1.29 is 0 Å². The Morgan fingerprint density at radius 2 is 1.82 bits per heavy atom. The summed E-state index contributed by atoms with van der Waals surface area (Å²) in [5.74, 6) is 0.371. The van der Waals surface area contributed by atoms with Crippen LogP contribution in [-0.2, 0) is 0 Å². The highest BCUT2D eigenvalue weighted by atomic mass is 16.1. The van der Waals surface area contributed by atoms with Gasteiger partial charge in [0.05, 0.1) is 0 Å². The number of pyridine rings is 1. The first-order chi connectivity index (χ1) is 10.6. The molecule has 0 aliphatic heterocycles. The van der Waals surface area contributed by atoms with Gasteiger partial charge in [-0.2, -0.15) is 14.6 Å². The van der Waals surface area contributed by atoms with Crippen molar-refractivity contribution in [1.29, 1.82) is 0 Å². The molecule has 7 nitrogen and oxygen atoms in total. The van der Waals surface area contributed by atoms with Crippen LogP contribution in [0.1, 0.15) is 11.1 Å². The second-order valence-corrected chi connectivity index (χ2v) is 5.24. The van der Waals surface area contributed by atoms with Crippen LogP contribution in [0.4, 0.5) is 0 Å². The predicted octanol–water partition coefficient (Wildman–Crippen LogP) is 1.44. The molecule has 4 aromatic rings. The zero-order valence-electron chi connectivity index (χ0n) is 12.1. The molecule has 108 valence electrons. The van der Waals surface area contributed by atoms with Gasteiger partial charge in [-0.3, -0.25) is 9.36 Å². The third-order valence-electron chi connectivity index (χ3n) is 3.53. The van der Waals surface area contributed by atoms with Crippen LogP contribution < -0.4 is 5.56 Å². The number of fused-ring (bicyclic) bond motifs is 3. The minimum absolute atomic E-state index is 0.229. The van der Waals surface area contributed by atoms with Crippen LogP contribution in [0.3, 0.4) is 0 Å². The van der Waals surface area contributed by atoms with Crippen LogP contribution >= 0.6 is 0 Å². The number of aryl methyl sites for hydroxylation is 2. The van der Waals surface area contributed by atoms with Gasteiger partial charge in [-0.25, -0.2) is 0 Å². The maximum Gasteiger partial charge on any atom is 0.285 e. The van der Waals surface area contributed by atoms with Crippen LogP contribution in [0, 0.1) is 13.8 Å². The summed E-state index contributed by atoms with van der Waals surface area (Å²) in [5.41, 5.74) is 3.63. The molecule has 7 heteroatoms. The SMILES string of the molecule is Cc1cc(C)cc(-n2ccc3c(nnc4ncnn43)c2=O)c1. The Bertz CT molecular complexity index is 1060. The molecule has 0 unspecified atom stereocenters. The number of hydrogen-bond acceptors (Lipinski definition) is 5. The summed E-state index contributed by atoms with van der Waals surface area (Å²) in [6, 6.07) is 7.78. The Labute approximate surface area is 124 Å². The topological polar surface area (TPSA) is 78.0 Å². The van der Waals surface area contributed by atoms with E-state index in [1.807, 2.05) is 26.0 Å². The van der Waals surface area contributed by atoms with Crippen molar-refractivity contribution in [3.05, 3.63) is 58.3 Å². The fourth-order valence-corrected chi connectivity index (χ4v) is 2.64. The molecule has 3 heterocycles. The fourth-order valence-electron chi connectivity index (χ4n) is 2.64. The largest absolute Gasteiger partial charge is 0.285 e. The monoisotopic (exact) mass is 292 g/mol. The molecule has 0 N–H and O–H groups in total. The van der Waals surface area contributed by atoms with Crippen LogP contribution in [0.25, 0.3) is 22.5 Å². The summed E-state index contributed by atoms with van der Waals surface area (Å²) in [4.78, 5) is 16.7. The van der Waals surface area contributed by atoms with Crippen LogP contribution in [0.5, 0.6) is 0 Å². The summed E-state index contributed by atoms with van der Waals surface area (Å²) in [6.07, 6.45) is 3.11. The molecule has 0 spiro atoms. The standard InChI is InChI=1S/C15H12N6O/c1-9-5-10(2)7-11(6-9)20-4-3-12-13(14(20)22)18-19-15-16-8-17-21(12)15/h3-8H,1-2H3. The molecule has 0 aliphatic rings. The molecule has 3 aromatic heterocycles. The number of hydrogen-bond donors (Lipinski definition) is 0. The van der Waals surface area contributed by atoms with Gasteiger partial charge in [0, 0.05) is 11.9 Å². The second-order valence-electron chi connectivity index (χ2n) is 5.24. The van der Waals surface area contributed by atoms with Crippen molar-refractivity contribution in [2.45, 2.75) is 13.8 Å². The average Bonchev–Trinajstić information content (AvgIpc) is 2.95. The van der Waals surface area contributed by atoms with Crippen molar-refractivity contribution in [2.24, 2.45) is 0 Å². The molecule has 0 aliphatic carbocycles. The van der Waals surface area contributed by atoms with Crippen molar-refractivity contribution in [1.82, 2.24) is 29.4 Å². The highest BCUT2D eigenvalue weighted by Crippen LogP contribution is 2.14. The molecule has 0 saturated heterocycles. The van der Waals surface area contributed by atoms with E-state index in [1.54, 1.807) is 16.8 Å². The number of nitrogens with zero attached hydrogens (tertiary/aromatic N) is 6. The third kappa shape index (κ3) is 1.79. The first-order valence-electron chi connectivity index (χ1n) is 6.80. The van der Waals surface area contributed by atoms with E-state index in [9.17, 15) is 4.79 Å². The van der Waals surface area contributed by atoms with E-state index >= 15 is 0 Å². The lowest BCUT2D eigenvalue weighted by molar-refractivity contribution is 0.913. The lowest BCUT2D eigenvalue weighted by Crippen LogP contribution is -2.20. The summed E-state index contributed by atoms with van der Waals surface area (Å²) in [6.45, 7) is 4.00. The average molecular weight is 292 g/mol. The van der Waals surface area contributed by atoms with E-state index in [0.717, 1.165) is 16.8 Å². The lowest BCUT2D eigenvalue weighted by Gasteiger charge is -2.09. The zero-order chi connectivity index (χ0) is 15.3. The van der Waals surface area contributed by atoms with Gasteiger partial charge in [-0.1, -0.05) is 6.07 Å². The van der Waals surface area contributed by atoms with Gasteiger partial charge in [0.1, 0.15) is 11.8 Å². The predicted molar refractivity (Wildman–Crippen MR) is 81.2 cm³/mol. The zero-order valence-corrected chi connectivity index (χ0v) is 12.1. The molecule has 4 rings (SSSR count). The molecule has 0 saturated carbocycles. The number of aromatic nitrogens is 6. The summed E-state index contributed by atoms with van der Waals surface area (Å²) < 4.78 is 3.08. The molecule has 1 aromatic carbocycles. The van der Waals surface area contributed by atoms with Crippen LogP contribution in [-0.4, -0.2) is 29.4 Å². The molecule has 22 heavy (non-hydrogen) atoms. The Morgan fingerprint density at radius 1 is 1.05 bits per heavy atom. The highest BCUT2D eigenvalue weighted by molar-refractivity contribution is 5.74. The maximum atomic E-state index is 12.7. The normalized spacial score (nSPS) is 11.4. The van der Waals surface area contributed by atoms with Gasteiger partial charge in [-0.05, 0) is 43.2 Å². The van der Waals surface area contributed by atoms with Gasteiger partial charge in [0.2, 0.25) is 0 Å². The first-order valence-corrected chi connectivity index (χ1v) is 6.80.